The molecule has 0 saturated carbocycles. The van der Waals surface area contributed by atoms with Gasteiger partial charge in [-0.05, 0) is 5.03 Å². The summed E-state index contributed by atoms with van der Waals surface area (Å²) in [5.74, 6) is 0. The van der Waals surface area contributed by atoms with Gasteiger partial charge in [-0.1, -0.05) is 19.9 Å². The molecule has 0 radical (unpaired) electrons. The third-order valence-electron chi connectivity index (χ3n) is 0.439. The van der Waals surface area contributed by atoms with E-state index in [-0.39, 0.29) is 6.15 Å². The van der Waals surface area contributed by atoms with Gasteiger partial charge in [0, 0.05) is 0 Å². The van der Waals surface area contributed by atoms with Crippen LogP contribution in [0.2, 0.25) is 0 Å². The van der Waals surface area contributed by atoms with E-state index in [2.05, 4.69) is 5.43 Å². The Kier molecular flexibility index (Phi) is 7.86. The molecule has 5 heteroatoms. The molecule has 0 atom stereocenters. The van der Waals surface area contributed by atoms with Gasteiger partial charge in [0.1, 0.15) is 0 Å². The Hall–Kier alpha value is -0.840. The lowest BCUT2D eigenvalue weighted by atomic mass is 10.5. The first kappa shape index (κ1) is 10.2. The normalized spacial score (nSPS) is 7.12. The van der Waals surface area contributed by atoms with Crippen LogP contribution >= 0.6 is 0 Å². The second-order valence-electron chi connectivity index (χ2n) is 1.10. The van der Waals surface area contributed by atoms with Crippen LogP contribution in [0.25, 0.3) is 5.43 Å². The number of quaternary nitrogens is 1. The summed E-state index contributed by atoms with van der Waals surface area (Å²) in [4.78, 5) is 9.40. The van der Waals surface area contributed by atoms with Crippen LogP contribution in [-0.4, -0.2) is 11.6 Å². The highest BCUT2D eigenvalue weighted by molar-refractivity contribution is 4.55. The molecule has 0 spiro atoms. The molecule has 0 bridgehead atoms. The van der Waals surface area contributed by atoms with Crippen molar-refractivity contribution in [3.05, 3.63) is 15.5 Å². The lowest BCUT2D eigenvalue weighted by Crippen LogP contribution is -1.91. The predicted octanol–water partition coefficient (Wildman–Crippen LogP) is 1.34. The summed E-state index contributed by atoms with van der Waals surface area (Å²) < 4.78 is 0. The van der Waals surface area contributed by atoms with Gasteiger partial charge in [0.25, 0.3) is 0 Å². The van der Waals surface area contributed by atoms with E-state index in [4.69, 9.17) is 0 Å². The van der Waals surface area contributed by atoms with Gasteiger partial charge in [-0.25, -0.2) is 0 Å². The third-order valence-corrected chi connectivity index (χ3v) is 0.439. The van der Waals surface area contributed by atoms with E-state index in [9.17, 15) is 10.1 Å². The Morgan fingerprint density at radius 2 is 2.25 bits per heavy atom. The fourth-order valence-electron chi connectivity index (χ4n) is 0.182. The van der Waals surface area contributed by atoms with Crippen molar-refractivity contribution in [2.24, 2.45) is 0 Å². The van der Waals surface area contributed by atoms with E-state index in [1.807, 2.05) is 6.92 Å². The molecule has 0 unspecified atom stereocenters. The largest absolute Gasteiger partial charge is 0.379 e. The molecule has 0 rings (SSSR count). The van der Waals surface area contributed by atoms with Gasteiger partial charge in [0.2, 0.25) is 0 Å². The standard InChI is InChI=1S/C3H7N2O2.H3N/c1-2-3-4-5(6)7;/h2-3H2,1H3;1H3/q-1;/p+1. The lowest BCUT2D eigenvalue weighted by molar-refractivity contribution is -0.426. The van der Waals surface area contributed by atoms with Crippen molar-refractivity contribution in [1.29, 1.82) is 0 Å². The molecule has 0 amide bonds. The van der Waals surface area contributed by atoms with Crippen LogP contribution in [0, 0.1) is 10.1 Å². The molecular formula is C3H11N3O2. The van der Waals surface area contributed by atoms with E-state index >= 15 is 0 Å². The molecule has 0 aromatic rings. The molecule has 0 aliphatic carbocycles. The minimum absolute atomic E-state index is 0. The van der Waals surface area contributed by atoms with Gasteiger partial charge in [-0.3, -0.25) is 10.1 Å². The average Bonchev–Trinajstić information content (AvgIpc) is 1.61. The molecule has 0 fully saturated rings. The lowest BCUT2D eigenvalue weighted by Gasteiger charge is -2.03. The fourth-order valence-corrected chi connectivity index (χ4v) is 0.182. The minimum Gasteiger partial charge on any atom is -0.379 e. The summed E-state index contributed by atoms with van der Waals surface area (Å²) >= 11 is 0. The molecular weight excluding hydrogens is 110 g/mol. The van der Waals surface area contributed by atoms with Crippen molar-refractivity contribution in [2.45, 2.75) is 13.3 Å². The Morgan fingerprint density at radius 3 is 2.38 bits per heavy atom. The van der Waals surface area contributed by atoms with Crippen molar-refractivity contribution in [3.8, 4) is 0 Å². The van der Waals surface area contributed by atoms with Gasteiger partial charge < -0.3 is 11.6 Å². The summed E-state index contributed by atoms with van der Waals surface area (Å²) in [7, 11) is 0. The first-order chi connectivity index (χ1) is 3.27. The first-order valence-electron chi connectivity index (χ1n) is 2.09. The average molecular weight is 121 g/mol. The van der Waals surface area contributed by atoms with Crippen molar-refractivity contribution >= 4 is 0 Å². The highest BCUT2D eigenvalue weighted by Crippen LogP contribution is 1.86. The van der Waals surface area contributed by atoms with Gasteiger partial charge in [-0.15, -0.1) is 0 Å². The summed E-state index contributed by atoms with van der Waals surface area (Å²) in [5, 5.41) is 8.73. The topological polar surface area (TPSA) is 93.7 Å². The van der Waals surface area contributed by atoms with Crippen LogP contribution in [-0.2, 0) is 0 Å². The Labute approximate surface area is 47.8 Å². The van der Waals surface area contributed by atoms with Crippen LogP contribution in [0.15, 0.2) is 0 Å². The third kappa shape index (κ3) is 8.94. The second-order valence-corrected chi connectivity index (χ2v) is 1.10. The van der Waals surface area contributed by atoms with E-state index < -0.39 is 5.03 Å². The van der Waals surface area contributed by atoms with Crippen LogP contribution < -0.4 is 6.15 Å². The first-order valence-corrected chi connectivity index (χ1v) is 2.09. The highest BCUT2D eigenvalue weighted by atomic mass is 16.7. The number of nitro groups is 1. The molecule has 0 aliphatic heterocycles. The van der Waals surface area contributed by atoms with Gasteiger partial charge in [0.15, 0.2) is 0 Å². The zero-order valence-corrected chi connectivity index (χ0v) is 5.13. The molecule has 0 heterocycles. The van der Waals surface area contributed by atoms with Crippen molar-refractivity contribution in [2.75, 3.05) is 6.54 Å². The highest BCUT2D eigenvalue weighted by Gasteiger charge is 1.71. The monoisotopic (exact) mass is 121 g/mol. The number of hydrogen-bond acceptors (Lipinski definition) is 2. The van der Waals surface area contributed by atoms with E-state index in [0.717, 1.165) is 6.42 Å². The Balaban J connectivity index is 0. The number of nitrogens with zero attached hydrogens (tertiary/aromatic N) is 2. The smallest absolute Gasteiger partial charge is 0.0127 e. The summed E-state index contributed by atoms with van der Waals surface area (Å²) in [6.07, 6.45) is 0.737. The Morgan fingerprint density at radius 1 is 1.75 bits per heavy atom. The summed E-state index contributed by atoms with van der Waals surface area (Å²) in [5.41, 5.74) is 2.97. The van der Waals surface area contributed by atoms with Gasteiger partial charge in [-0.2, -0.15) is 0 Å². The molecule has 5 nitrogen and oxygen atoms in total. The maximum atomic E-state index is 9.40. The van der Waals surface area contributed by atoms with Crippen molar-refractivity contribution < 1.29 is 5.03 Å². The maximum Gasteiger partial charge on any atom is -0.0127 e. The molecule has 0 saturated heterocycles. The van der Waals surface area contributed by atoms with Crippen LogP contribution in [0.3, 0.4) is 0 Å². The number of hydrogen-bond donors (Lipinski definition) is 1. The van der Waals surface area contributed by atoms with E-state index in [1.54, 1.807) is 0 Å². The van der Waals surface area contributed by atoms with E-state index in [1.165, 1.54) is 0 Å². The van der Waals surface area contributed by atoms with Crippen LogP contribution in [0.5, 0.6) is 0 Å². The molecule has 4 N–H and O–H groups in total. The summed E-state index contributed by atoms with van der Waals surface area (Å²) in [6, 6.07) is 0. The van der Waals surface area contributed by atoms with Gasteiger partial charge >= 0.3 is 0 Å². The van der Waals surface area contributed by atoms with E-state index in [0.29, 0.717) is 6.54 Å². The molecule has 0 aromatic heterocycles. The molecule has 0 aromatic carbocycles. The quantitative estimate of drug-likeness (QED) is 0.450. The fraction of sp³-hybridized carbons (Fsp3) is 1.00. The van der Waals surface area contributed by atoms with Crippen molar-refractivity contribution in [3.63, 3.8) is 0 Å². The second kappa shape index (κ2) is 6.16. The summed E-state index contributed by atoms with van der Waals surface area (Å²) in [6.45, 7) is 2.17. The maximum absolute atomic E-state index is 9.40. The minimum atomic E-state index is -0.663. The van der Waals surface area contributed by atoms with Crippen LogP contribution in [0.4, 0.5) is 0 Å². The van der Waals surface area contributed by atoms with Crippen molar-refractivity contribution in [1.82, 2.24) is 6.15 Å². The van der Waals surface area contributed by atoms with Crippen LogP contribution in [0.1, 0.15) is 13.3 Å². The van der Waals surface area contributed by atoms with Gasteiger partial charge in [0.05, 0.1) is 0 Å². The SMILES string of the molecule is CCC[N-][N+](=O)[O-].[NH4+]. The molecule has 8 heavy (non-hydrogen) atoms. The molecule has 50 valence electrons. The zero-order valence-electron chi connectivity index (χ0n) is 5.13. The number of rotatable bonds is 3. The predicted molar refractivity (Wildman–Crippen MR) is 31.5 cm³/mol. The molecule has 0 aliphatic rings. The Bertz CT molecular complexity index is 65.5. The zero-order chi connectivity index (χ0) is 5.70.